The number of hydrogen-bond donors (Lipinski definition) is 1. The number of fused-ring (bicyclic) bond motifs is 2. The van der Waals surface area contributed by atoms with Crippen LogP contribution in [0.25, 0.3) is 10.9 Å². The van der Waals surface area contributed by atoms with Crippen molar-refractivity contribution in [2.75, 3.05) is 6.54 Å². The second kappa shape index (κ2) is 8.47. The fourth-order valence-electron chi connectivity index (χ4n) is 5.82. The quantitative estimate of drug-likeness (QED) is 0.495. The van der Waals surface area contributed by atoms with Crippen LogP contribution in [0.4, 0.5) is 0 Å². The Bertz CT molecular complexity index is 1410. The number of aryl methyl sites for hydroxylation is 2. The van der Waals surface area contributed by atoms with Gasteiger partial charge in [0.1, 0.15) is 6.04 Å². The first kappa shape index (κ1) is 21.2. The smallest absolute Gasteiger partial charge is 0.253 e. The number of tetrazole rings is 1. The Morgan fingerprint density at radius 2 is 1.79 bits per heavy atom. The summed E-state index contributed by atoms with van der Waals surface area (Å²) >= 11 is 0. The summed E-state index contributed by atoms with van der Waals surface area (Å²) in [6, 6.07) is 14.8. The van der Waals surface area contributed by atoms with E-state index in [-0.39, 0.29) is 11.6 Å². The molecule has 34 heavy (non-hydrogen) atoms. The van der Waals surface area contributed by atoms with Crippen LogP contribution in [-0.2, 0) is 13.0 Å². The van der Waals surface area contributed by atoms with Crippen LogP contribution in [0.15, 0.2) is 47.3 Å². The molecular weight excluding hydrogens is 424 g/mol. The van der Waals surface area contributed by atoms with Crippen molar-refractivity contribution in [2.45, 2.75) is 64.6 Å². The molecule has 1 atom stereocenters. The highest BCUT2D eigenvalue weighted by Gasteiger charge is 2.34. The molecule has 0 bridgehead atoms. The van der Waals surface area contributed by atoms with Gasteiger partial charge in [-0.05, 0) is 71.9 Å². The van der Waals surface area contributed by atoms with Gasteiger partial charge in [0.25, 0.3) is 5.56 Å². The molecule has 4 aromatic rings. The maximum absolute atomic E-state index is 13.6. The molecule has 0 radical (unpaired) electrons. The molecule has 7 heteroatoms. The first-order chi connectivity index (χ1) is 16.6. The SMILES string of the molecule is Cc1ccc(C)c2[nH]c(=O)c([C@H](c3nnnn3C3CCCC3)N3CCc4ccccc4C3)cc12. The second-order valence-electron chi connectivity index (χ2n) is 9.85. The van der Waals surface area contributed by atoms with Crippen LogP contribution in [-0.4, -0.2) is 36.6 Å². The van der Waals surface area contributed by atoms with E-state index < -0.39 is 0 Å². The van der Waals surface area contributed by atoms with Crippen molar-refractivity contribution in [2.24, 2.45) is 0 Å². The number of H-pyrrole nitrogens is 1. The number of aromatic amines is 1. The predicted molar refractivity (Wildman–Crippen MR) is 132 cm³/mol. The third-order valence-corrected chi connectivity index (χ3v) is 7.73. The molecule has 0 saturated heterocycles. The van der Waals surface area contributed by atoms with Gasteiger partial charge in [-0.3, -0.25) is 9.69 Å². The zero-order chi connectivity index (χ0) is 23.2. The van der Waals surface area contributed by atoms with Crippen LogP contribution in [0, 0.1) is 13.8 Å². The van der Waals surface area contributed by atoms with Crippen molar-refractivity contribution in [3.63, 3.8) is 0 Å². The number of nitrogens with one attached hydrogen (secondary N) is 1. The molecule has 2 aliphatic rings. The summed E-state index contributed by atoms with van der Waals surface area (Å²) < 4.78 is 2.00. The molecule has 2 aromatic carbocycles. The van der Waals surface area contributed by atoms with Gasteiger partial charge in [0, 0.05) is 24.0 Å². The predicted octanol–water partition coefficient (Wildman–Crippen LogP) is 4.39. The van der Waals surface area contributed by atoms with E-state index >= 15 is 0 Å². The van der Waals surface area contributed by atoms with Gasteiger partial charge in [0.2, 0.25) is 0 Å². The maximum Gasteiger partial charge on any atom is 0.253 e. The third-order valence-electron chi connectivity index (χ3n) is 7.73. The van der Waals surface area contributed by atoms with Crippen molar-refractivity contribution < 1.29 is 0 Å². The zero-order valence-corrected chi connectivity index (χ0v) is 19.8. The van der Waals surface area contributed by atoms with E-state index in [1.807, 2.05) is 11.6 Å². The highest BCUT2D eigenvalue weighted by molar-refractivity contribution is 5.85. The Balaban J connectivity index is 1.53. The minimum Gasteiger partial charge on any atom is -0.321 e. The van der Waals surface area contributed by atoms with Crippen molar-refractivity contribution in [3.05, 3.63) is 86.5 Å². The van der Waals surface area contributed by atoms with Crippen LogP contribution < -0.4 is 5.56 Å². The molecule has 1 N–H and O–H groups in total. The van der Waals surface area contributed by atoms with Crippen LogP contribution in [0.1, 0.15) is 71.4 Å². The van der Waals surface area contributed by atoms with Crippen molar-refractivity contribution in [1.82, 2.24) is 30.1 Å². The summed E-state index contributed by atoms with van der Waals surface area (Å²) in [6.07, 6.45) is 5.50. The first-order valence-electron chi connectivity index (χ1n) is 12.3. The Morgan fingerprint density at radius 1 is 1.03 bits per heavy atom. The summed E-state index contributed by atoms with van der Waals surface area (Å²) in [6.45, 7) is 5.75. The van der Waals surface area contributed by atoms with E-state index in [0.29, 0.717) is 6.04 Å². The van der Waals surface area contributed by atoms with Crippen LogP contribution in [0.5, 0.6) is 0 Å². The molecule has 0 spiro atoms. The molecule has 6 rings (SSSR count). The molecular formula is C27H30N6O. The number of rotatable bonds is 4. The van der Waals surface area contributed by atoms with Gasteiger partial charge in [-0.25, -0.2) is 4.68 Å². The van der Waals surface area contributed by atoms with Crippen molar-refractivity contribution in [1.29, 1.82) is 0 Å². The van der Waals surface area contributed by atoms with Crippen LogP contribution in [0.2, 0.25) is 0 Å². The van der Waals surface area contributed by atoms with Crippen molar-refractivity contribution in [3.8, 4) is 0 Å². The van der Waals surface area contributed by atoms with Crippen LogP contribution >= 0.6 is 0 Å². The highest BCUT2D eigenvalue weighted by atomic mass is 16.1. The monoisotopic (exact) mass is 454 g/mol. The standard InChI is InChI=1S/C27H30N6O/c1-17-11-12-18(2)24-22(17)15-23(27(34)28-24)25(26-29-30-31-33(26)21-9-5-6-10-21)32-14-13-19-7-3-4-8-20(19)16-32/h3-4,7-8,11-12,15,21,25H,5-6,9-10,13-14,16H2,1-2H3,(H,28,34)/t25-/m1/s1. The molecule has 1 aliphatic carbocycles. The minimum absolute atomic E-state index is 0.0639. The van der Waals surface area contributed by atoms with Gasteiger partial charge in [-0.1, -0.05) is 49.2 Å². The molecule has 1 aliphatic heterocycles. The highest BCUT2D eigenvalue weighted by Crippen LogP contribution is 2.36. The fourth-order valence-corrected chi connectivity index (χ4v) is 5.82. The zero-order valence-electron chi connectivity index (χ0n) is 19.8. The van der Waals surface area contributed by atoms with E-state index in [9.17, 15) is 4.79 Å². The summed E-state index contributed by atoms with van der Waals surface area (Å²) in [5.41, 5.74) is 6.47. The summed E-state index contributed by atoms with van der Waals surface area (Å²) in [5.74, 6) is 0.779. The van der Waals surface area contributed by atoms with Crippen LogP contribution in [0.3, 0.4) is 0 Å². The Labute approximate surface area is 198 Å². The molecule has 0 amide bonds. The summed E-state index contributed by atoms with van der Waals surface area (Å²) in [7, 11) is 0. The van der Waals surface area contributed by atoms with Gasteiger partial charge in [0.05, 0.1) is 11.6 Å². The van der Waals surface area contributed by atoms with E-state index in [1.54, 1.807) is 0 Å². The summed E-state index contributed by atoms with van der Waals surface area (Å²) in [4.78, 5) is 19.2. The molecule has 1 saturated carbocycles. The lowest BCUT2D eigenvalue weighted by Crippen LogP contribution is -2.39. The molecule has 174 valence electrons. The number of benzene rings is 2. The minimum atomic E-state index is -0.308. The van der Waals surface area contributed by atoms with Crippen molar-refractivity contribution >= 4 is 10.9 Å². The molecule has 0 unspecified atom stereocenters. The first-order valence-corrected chi connectivity index (χ1v) is 12.3. The lowest BCUT2D eigenvalue weighted by molar-refractivity contribution is 0.190. The van der Waals surface area contributed by atoms with Gasteiger partial charge in [0.15, 0.2) is 5.82 Å². The van der Waals surface area contributed by atoms with E-state index in [4.69, 9.17) is 0 Å². The molecule has 2 aromatic heterocycles. The largest absolute Gasteiger partial charge is 0.321 e. The molecule has 1 fully saturated rings. The number of aromatic nitrogens is 5. The Kier molecular flexibility index (Phi) is 5.29. The van der Waals surface area contributed by atoms with Gasteiger partial charge in [-0.2, -0.15) is 0 Å². The normalized spacial score (nSPS) is 17.8. The van der Waals surface area contributed by atoms with E-state index in [1.165, 1.54) is 24.0 Å². The lowest BCUT2D eigenvalue weighted by Gasteiger charge is -2.35. The maximum atomic E-state index is 13.6. The Hall–Kier alpha value is -3.32. The van der Waals surface area contributed by atoms with Gasteiger partial charge >= 0.3 is 0 Å². The third kappa shape index (κ3) is 3.55. The second-order valence-corrected chi connectivity index (χ2v) is 9.85. The van der Waals surface area contributed by atoms with Gasteiger partial charge in [-0.15, -0.1) is 5.10 Å². The fraction of sp³-hybridized carbons (Fsp3) is 0.407. The average Bonchev–Trinajstić information content (AvgIpc) is 3.55. The molecule has 7 nitrogen and oxygen atoms in total. The summed E-state index contributed by atoms with van der Waals surface area (Å²) in [5, 5.41) is 14.1. The molecule has 3 heterocycles. The Morgan fingerprint density at radius 3 is 2.62 bits per heavy atom. The van der Waals surface area contributed by atoms with Gasteiger partial charge < -0.3 is 4.98 Å². The average molecular weight is 455 g/mol. The van der Waals surface area contributed by atoms with E-state index in [2.05, 4.69) is 74.8 Å². The topological polar surface area (TPSA) is 79.7 Å². The number of pyridine rings is 1. The number of hydrogen-bond acceptors (Lipinski definition) is 5. The number of nitrogens with zero attached hydrogens (tertiary/aromatic N) is 5. The van der Waals surface area contributed by atoms with E-state index in [0.717, 1.165) is 65.8 Å². The lowest BCUT2D eigenvalue weighted by atomic mass is 9.95.